The highest BCUT2D eigenvalue weighted by atomic mass is 35.5. The lowest BCUT2D eigenvalue weighted by Crippen LogP contribution is -2.18. The minimum atomic E-state index is -0.0141. The SMILES string of the molecule is CNC(c1cc(Cl)cc(Cl)c1)c1cccc2cccnc12. The van der Waals surface area contributed by atoms with E-state index < -0.39 is 0 Å². The molecule has 1 unspecified atom stereocenters. The molecule has 1 N–H and O–H groups in total. The van der Waals surface area contributed by atoms with Gasteiger partial charge in [0.25, 0.3) is 0 Å². The molecule has 3 aromatic rings. The summed E-state index contributed by atoms with van der Waals surface area (Å²) in [4.78, 5) is 4.51. The number of nitrogens with zero attached hydrogens (tertiary/aromatic N) is 1. The summed E-state index contributed by atoms with van der Waals surface area (Å²) in [6.45, 7) is 0. The third-order valence-electron chi connectivity index (χ3n) is 3.48. The molecular weight excluding hydrogens is 303 g/mol. The minimum absolute atomic E-state index is 0.0141. The number of hydrogen-bond acceptors (Lipinski definition) is 2. The van der Waals surface area contributed by atoms with E-state index in [1.807, 2.05) is 37.5 Å². The van der Waals surface area contributed by atoms with Crippen molar-refractivity contribution in [3.05, 3.63) is 75.9 Å². The van der Waals surface area contributed by atoms with Crippen LogP contribution >= 0.6 is 23.2 Å². The second-order valence-corrected chi connectivity index (χ2v) is 5.72. The van der Waals surface area contributed by atoms with Crippen LogP contribution in [0.5, 0.6) is 0 Å². The zero-order valence-electron chi connectivity index (χ0n) is 11.5. The first-order valence-corrected chi connectivity index (χ1v) is 7.41. The predicted molar refractivity (Wildman–Crippen MR) is 89.1 cm³/mol. The van der Waals surface area contributed by atoms with Gasteiger partial charge in [-0.05, 0) is 42.4 Å². The van der Waals surface area contributed by atoms with Crippen LogP contribution in [0.15, 0.2) is 54.7 Å². The number of halogens is 2. The van der Waals surface area contributed by atoms with E-state index in [0.717, 1.165) is 22.0 Å². The fraction of sp³-hybridized carbons (Fsp3) is 0.118. The third-order valence-corrected chi connectivity index (χ3v) is 3.92. The number of pyridine rings is 1. The minimum Gasteiger partial charge on any atom is -0.309 e. The van der Waals surface area contributed by atoms with Gasteiger partial charge in [-0.25, -0.2) is 0 Å². The van der Waals surface area contributed by atoms with Gasteiger partial charge in [0.15, 0.2) is 0 Å². The molecule has 1 heterocycles. The molecule has 0 fully saturated rings. The number of fused-ring (bicyclic) bond motifs is 1. The molecule has 4 heteroatoms. The molecule has 0 spiro atoms. The predicted octanol–water partition coefficient (Wildman–Crippen LogP) is 4.85. The first kappa shape index (κ1) is 14.3. The molecule has 2 aromatic carbocycles. The van der Waals surface area contributed by atoms with Crippen molar-refractivity contribution in [3.8, 4) is 0 Å². The Morgan fingerprint density at radius 2 is 1.71 bits per heavy atom. The van der Waals surface area contributed by atoms with Crippen molar-refractivity contribution in [1.82, 2.24) is 10.3 Å². The molecule has 2 nitrogen and oxygen atoms in total. The van der Waals surface area contributed by atoms with E-state index in [4.69, 9.17) is 23.2 Å². The Bertz CT molecular complexity index is 761. The molecule has 0 aliphatic heterocycles. The molecular formula is C17H14Cl2N2. The molecule has 1 aromatic heterocycles. The fourth-order valence-electron chi connectivity index (χ4n) is 2.60. The summed E-state index contributed by atoms with van der Waals surface area (Å²) in [5.41, 5.74) is 3.11. The highest BCUT2D eigenvalue weighted by Gasteiger charge is 2.16. The van der Waals surface area contributed by atoms with Crippen LogP contribution in [0.1, 0.15) is 17.2 Å². The van der Waals surface area contributed by atoms with Gasteiger partial charge in [-0.1, -0.05) is 47.5 Å². The summed E-state index contributed by atoms with van der Waals surface area (Å²) < 4.78 is 0. The van der Waals surface area contributed by atoms with Gasteiger partial charge in [0.05, 0.1) is 11.6 Å². The first-order chi connectivity index (χ1) is 10.2. The van der Waals surface area contributed by atoms with E-state index in [0.29, 0.717) is 10.0 Å². The van der Waals surface area contributed by atoms with Crippen LogP contribution in [-0.4, -0.2) is 12.0 Å². The Morgan fingerprint density at radius 3 is 2.43 bits per heavy atom. The number of rotatable bonds is 3. The van der Waals surface area contributed by atoms with Gasteiger partial charge in [-0.3, -0.25) is 4.98 Å². The van der Waals surface area contributed by atoms with Crippen molar-refractivity contribution in [2.75, 3.05) is 7.05 Å². The maximum Gasteiger partial charge on any atom is 0.0753 e. The third kappa shape index (κ3) is 2.88. The molecule has 0 bridgehead atoms. The zero-order valence-corrected chi connectivity index (χ0v) is 13.0. The summed E-state index contributed by atoms with van der Waals surface area (Å²) >= 11 is 12.3. The van der Waals surface area contributed by atoms with E-state index in [1.54, 1.807) is 6.07 Å². The topological polar surface area (TPSA) is 24.9 Å². The number of hydrogen-bond donors (Lipinski definition) is 1. The molecule has 0 amide bonds. The Labute approximate surface area is 133 Å². The van der Waals surface area contributed by atoms with Crippen LogP contribution < -0.4 is 5.32 Å². The Kier molecular flexibility index (Phi) is 4.11. The van der Waals surface area contributed by atoms with Crippen molar-refractivity contribution in [2.24, 2.45) is 0 Å². The quantitative estimate of drug-likeness (QED) is 0.747. The summed E-state index contributed by atoms with van der Waals surface area (Å²) in [6.07, 6.45) is 1.81. The standard InChI is InChI=1S/C17H14Cl2N2/c1-20-16(12-8-13(18)10-14(19)9-12)15-6-2-4-11-5-3-7-21-17(11)15/h2-10,16,20H,1H3. The average Bonchev–Trinajstić information content (AvgIpc) is 2.47. The molecule has 0 aliphatic rings. The van der Waals surface area contributed by atoms with Crippen molar-refractivity contribution in [1.29, 1.82) is 0 Å². The van der Waals surface area contributed by atoms with Gasteiger partial charge < -0.3 is 5.32 Å². The molecule has 0 aliphatic carbocycles. The molecule has 0 radical (unpaired) electrons. The molecule has 21 heavy (non-hydrogen) atoms. The summed E-state index contributed by atoms with van der Waals surface area (Å²) in [5, 5.41) is 5.70. The van der Waals surface area contributed by atoms with Crippen LogP contribution in [0, 0.1) is 0 Å². The summed E-state index contributed by atoms with van der Waals surface area (Å²) in [7, 11) is 1.92. The van der Waals surface area contributed by atoms with Gasteiger partial charge >= 0.3 is 0 Å². The molecule has 1 atom stereocenters. The Hall–Kier alpha value is -1.61. The largest absolute Gasteiger partial charge is 0.309 e. The van der Waals surface area contributed by atoms with E-state index in [9.17, 15) is 0 Å². The number of aromatic nitrogens is 1. The van der Waals surface area contributed by atoms with Gasteiger partial charge in [-0.15, -0.1) is 0 Å². The average molecular weight is 317 g/mol. The first-order valence-electron chi connectivity index (χ1n) is 6.66. The highest BCUT2D eigenvalue weighted by molar-refractivity contribution is 6.34. The van der Waals surface area contributed by atoms with Crippen molar-refractivity contribution in [2.45, 2.75) is 6.04 Å². The highest BCUT2D eigenvalue weighted by Crippen LogP contribution is 2.30. The van der Waals surface area contributed by atoms with Crippen LogP contribution in [-0.2, 0) is 0 Å². The van der Waals surface area contributed by atoms with Gasteiger partial charge in [-0.2, -0.15) is 0 Å². The lowest BCUT2D eigenvalue weighted by molar-refractivity contribution is 0.695. The van der Waals surface area contributed by atoms with Crippen LogP contribution in [0.2, 0.25) is 10.0 Å². The molecule has 0 saturated heterocycles. The molecule has 106 valence electrons. The lowest BCUT2D eigenvalue weighted by atomic mass is 9.96. The normalized spacial score (nSPS) is 12.5. The second-order valence-electron chi connectivity index (χ2n) is 4.85. The Balaban J connectivity index is 2.18. The van der Waals surface area contributed by atoms with Crippen LogP contribution in [0.3, 0.4) is 0 Å². The van der Waals surface area contributed by atoms with Crippen molar-refractivity contribution in [3.63, 3.8) is 0 Å². The van der Waals surface area contributed by atoms with Gasteiger partial charge in [0.1, 0.15) is 0 Å². The van der Waals surface area contributed by atoms with Gasteiger partial charge in [0, 0.05) is 21.6 Å². The number of benzene rings is 2. The van der Waals surface area contributed by atoms with E-state index >= 15 is 0 Å². The van der Waals surface area contributed by atoms with E-state index in [-0.39, 0.29) is 6.04 Å². The van der Waals surface area contributed by atoms with E-state index in [1.165, 1.54) is 0 Å². The van der Waals surface area contributed by atoms with Crippen molar-refractivity contribution < 1.29 is 0 Å². The molecule has 0 saturated carbocycles. The second kappa shape index (κ2) is 6.02. The smallest absolute Gasteiger partial charge is 0.0753 e. The monoisotopic (exact) mass is 316 g/mol. The summed E-state index contributed by atoms with van der Waals surface area (Å²) in [5.74, 6) is 0. The maximum absolute atomic E-state index is 6.13. The van der Waals surface area contributed by atoms with E-state index in [2.05, 4.69) is 28.5 Å². The number of para-hydroxylation sites is 1. The number of nitrogens with one attached hydrogen (secondary N) is 1. The lowest BCUT2D eigenvalue weighted by Gasteiger charge is -2.19. The summed E-state index contributed by atoms with van der Waals surface area (Å²) in [6, 6.07) is 15.7. The van der Waals surface area contributed by atoms with Crippen molar-refractivity contribution >= 4 is 34.1 Å². The van der Waals surface area contributed by atoms with Gasteiger partial charge in [0.2, 0.25) is 0 Å². The van der Waals surface area contributed by atoms with Crippen LogP contribution in [0.4, 0.5) is 0 Å². The zero-order chi connectivity index (χ0) is 14.8. The molecule has 3 rings (SSSR count). The maximum atomic E-state index is 6.13. The fourth-order valence-corrected chi connectivity index (χ4v) is 3.15. The van der Waals surface area contributed by atoms with Crippen LogP contribution in [0.25, 0.3) is 10.9 Å². The Morgan fingerprint density at radius 1 is 1.00 bits per heavy atom.